The average Bonchev–Trinajstić information content (AvgIpc) is 3.19. The van der Waals surface area contributed by atoms with Gasteiger partial charge in [0.1, 0.15) is 17.3 Å². The fourth-order valence-electron chi connectivity index (χ4n) is 3.77. The fourth-order valence-corrected chi connectivity index (χ4v) is 3.96. The number of halogens is 1. The molecule has 130 valence electrons. The molecule has 2 aromatic carbocycles. The van der Waals surface area contributed by atoms with Crippen LogP contribution in [-0.2, 0) is 15.1 Å². The van der Waals surface area contributed by atoms with Crippen LogP contribution in [0.2, 0.25) is 5.02 Å². The summed E-state index contributed by atoms with van der Waals surface area (Å²) in [6.45, 7) is 3.30. The van der Waals surface area contributed by atoms with E-state index in [0.717, 1.165) is 5.56 Å². The van der Waals surface area contributed by atoms with E-state index in [1.807, 2.05) is 30.3 Å². The van der Waals surface area contributed by atoms with Crippen LogP contribution in [0.3, 0.4) is 0 Å². The number of aliphatic hydroxyl groups is 1. The zero-order valence-corrected chi connectivity index (χ0v) is 14.8. The minimum absolute atomic E-state index is 0.356. The number of rotatable bonds is 4. The summed E-state index contributed by atoms with van der Waals surface area (Å²) in [6, 6.07) is 16.4. The van der Waals surface area contributed by atoms with Crippen molar-refractivity contribution in [2.45, 2.75) is 43.2 Å². The smallest absolute Gasteiger partial charge is 0.338 e. The van der Waals surface area contributed by atoms with Gasteiger partial charge in [0.15, 0.2) is 5.60 Å². The first-order chi connectivity index (χ1) is 11.8. The van der Waals surface area contributed by atoms with Crippen LogP contribution < -0.4 is 0 Å². The first kappa shape index (κ1) is 16.6. The third-order valence-electron chi connectivity index (χ3n) is 5.28. The van der Waals surface area contributed by atoms with Gasteiger partial charge in [0.05, 0.1) is 5.56 Å². The average molecular weight is 359 g/mol. The number of carbonyl (C=O) groups is 1. The summed E-state index contributed by atoms with van der Waals surface area (Å²) in [7, 11) is 0. The molecule has 3 unspecified atom stereocenters. The summed E-state index contributed by atoms with van der Waals surface area (Å²) < 4.78 is 11.7. The van der Waals surface area contributed by atoms with Crippen molar-refractivity contribution in [2.24, 2.45) is 0 Å². The van der Waals surface area contributed by atoms with E-state index in [2.05, 4.69) is 0 Å². The Morgan fingerprint density at radius 1 is 1.24 bits per heavy atom. The monoisotopic (exact) mass is 358 g/mol. The Bertz CT molecular complexity index is 829. The molecule has 1 N–H and O–H groups in total. The predicted octanol–water partition coefficient (Wildman–Crippen LogP) is 3.70. The third-order valence-corrected chi connectivity index (χ3v) is 5.51. The Labute approximate surface area is 151 Å². The molecule has 0 spiro atoms. The zero-order chi connectivity index (χ0) is 17.9. The van der Waals surface area contributed by atoms with Crippen molar-refractivity contribution >= 4 is 17.6 Å². The van der Waals surface area contributed by atoms with Crippen molar-refractivity contribution in [2.75, 3.05) is 0 Å². The van der Waals surface area contributed by atoms with Gasteiger partial charge in [-0.1, -0.05) is 48.0 Å². The molecule has 1 heterocycles. The summed E-state index contributed by atoms with van der Waals surface area (Å²) in [5.41, 5.74) is -1.38. The highest BCUT2D eigenvalue weighted by Gasteiger charge is 2.84. The van der Waals surface area contributed by atoms with E-state index >= 15 is 0 Å². The molecule has 2 aromatic rings. The van der Waals surface area contributed by atoms with E-state index in [9.17, 15) is 9.90 Å². The normalized spacial score (nSPS) is 30.2. The van der Waals surface area contributed by atoms with Crippen molar-refractivity contribution in [3.63, 3.8) is 0 Å². The van der Waals surface area contributed by atoms with Crippen LogP contribution in [0.25, 0.3) is 0 Å². The highest BCUT2D eigenvalue weighted by molar-refractivity contribution is 6.30. The Kier molecular flexibility index (Phi) is 3.52. The standard InChI is InChI=1S/C20H19ClO4/c1-18(2,23)20(24-16(22)13-7-6-10-15(21)11-13)12-19(17(20)25-19)14-8-4-3-5-9-14/h3-11,17,23H,12H2,1-2H3. The van der Waals surface area contributed by atoms with Crippen molar-refractivity contribution in [1.29, 1.82) is 0 Å². The Morgan fingerprint density at radius 3 is 2.56 bits per heavy atom. The number of hydrogen-bond acceptors (Lipinski definition) is 4. The van der Waals surface area contributed by atoms with Gasteiger partial charge in [-0.3, -0.25) is 0 Å². The fraction of sp³-hybridized carbons (Fsp3) is 0.350. The highest BCUT2D eigenvalue weighted by Crippen LogP contribution is 2.70. The van der Waals surface area contributed by atoms with Crippen LogP contribution in [-0.4, -0.2) is 28.4 Å². The summed E-state index contributed by atoms with van der Waals surface area (Å²) in [6.07, 6.45) is 0.0651. The number of fused-ring (bicyclic) bond motifs is 1. The first-order valence-corrected chi connectivity index (χ1v) is 8.61. The molecule has 0 amide bonds. The van der Waals surface area contributed by atoms with Crippen LogP contribution in [0, 0.1) is 0 Å². The Balaban J connectivity index is 1.61. The largest absolute Gasteiger partial charge is 0.449 e. The topological polar surface area (TPSA) is 59.1 Å². The minimum atomic E-state index is -1.24. The number of ether oxygens (including phenoxy) is 2. The molecule has 1 saturated heterocycles. The van der Waals surface area contributed by atoms with E-state index in [1.165, 1.54) is 0 Å². The highest BCUT2D eigenvalue weighted by atomic mass is 35.5. The summed E-state index contributed by atoms with van der Waals surface area (Å²) in [5.74, 6) is -0.512. The lowest BCUT2D eigenvalue weighted by atomic mass is 9.61. The van der Waals surface area contributed by atoms with Gasteiger partial charge in [0.25, 0.3) is 0 Å². The van der Waals surface area contributed by atoms with Gasteiger partial charge in [-0.2, -0.15) is 0 Å². The van der Waals surface area contributed by atoms with Crippen LogP contribution in [0.4, 0.5) is 0 Å². The lowest BCUT2D eigenvalue weighted by Gasteiger charge is -2.49. The van der Waals surface area contributed by atoms with Crippen molar-refractivity contribution in [1.82, 2.24) is 0 Å². The SMILES string of the molecule is CC(C)(O)C1(OC(=O)c2cccc(Cl)c2)CC2(c3ccccc3)OC21. The van der Waals surface area contributed by atoms with E-state index < -0.39 is 22.8 Å². The van der Waals surface area contributed by atoms with Gasteiger partial charge in [0.2, 0.25) is 0 Å². The summed E-state index contributed by atoms with van der Waals surface area (Å²) in [5, 5.41) is 11.2. The Morgan fingerprint density at radius 2 is 1.96 bits per heavy atom. The summed E-state index contributed by atoms with van der Waals surface area (Å²) in [4.78, 5) is 12.6. The lowest BCUT2D eigenvalue weighted by molar-refractivity contribution is -0.173. The third kappa shape index (κ3) is 2.40. The number of esters is 1. The second-order valence-corrected chi connectivity index (χ2v) is 7.71. The number of hydrogen-bond donors (Lipinski definition) is 1. The van der Waals surface area contributed by atoms with Crippen molar-refractivity contribution in [3.8, 4) is 0 Å². The van der Waals surface area contributed by atoms with Crippen LogP contribution in [0.5, 0.6) is 0 Å². The van der Waals surface area contributed by atoms with Gasteiger partial charge >= 0.3 is 5.97 Å². The maximum Gasteiger partial charge on any atom is 0.338 e. The van der Waals surface area contributed by atoms with Gasteiger partial charge in [-0.15, -0.1) is 0 Å². The van der Waals surface area contributed by atoms with E-state index in [1.54, 1.807) is 38.1 Å². The zero-order valence-electron chi connectivity index (χ0n) is 14.0. The first-order valence-electron chi connectivity index (χ1n) is 8.23. The van der Waals surface area contributed by atoms with Crippen molar-refractivity contribution < 1.29 is 19.4 Å². The molecule has 0 bridgehead atoms. The predicted molar refractivity (Wildman–Crippen MR) is 93.5 cm³/mol. The van der Waals surface area contributed by atoms with Gasteiger partial charge in [-0.25, -0.2) is 4.79 Å². The minimum Gasteiger partial charge on any atom is -0.449 e. The van der Waals surface area contributed by atoms with E-state index in [0.29, 0.717) is 17.0 Å². The van der Waals surface area contributed by atoms with Crippen LogP contribution in [0.15, 0.2) is 54.6 Å². The van der Waals surface area contributed by atoms with Crippen LogP contribution >= 0.6 is 11.6 Å². The molecule has 3 atom stereocenters. The maximum absolute atomic E-state index is 12.6. The Hall–Kier alpha value is -1.88. The van der Waals surface area contributed by atoms with E-state index in [-0.39, 0.29) is 6.10 Å². The second-order valence-electron chi connectivity index (χ2n) is 7.28. The molecule has 4 nitrogen and oxygen atoms in total. The summed E-state index contributed by atoms with van der Waals surface area (Å²) >= 11 is 5.96. The van der Waals surface area contributed by atoms with E-state index in [4.69, 9.17) is 21.1 Å². The van der Waals surface area contributed by atoms with Gasteiger partial charge in [0, 0.05) is 11.4 Å². The van der Waals surface area contributed by atoms with Crippen molar-refractivity contribution in [3.05, 3.63) is 70.7 Å². The molecule has 1 saturated carbocycles. The maximum atomic E-state index is 12.6. The lowest BCUT2D eigenvalue weighted by Crippen LogP contribution is -2.66. The second kappa shape index (κ2) is 5.31. The molecule has 25 heavy (non-hydrogen) atoms. The number of benzene rings is 2. The quantitative estimate of drug-likeness (QED) is 0.668. The molecule has 2 aliphatic rings. The molecular weight excluding hydrogens is 340 g/mol. The number of epoxide rings is 1. The molecule has 1 aliphatic heterocycles. The molecule has 2 fully saturated rings. The molecule has 0 aromatic heterocycles. The van der Waals surface area contributed by atoms with Gasteiger partial charge in [-0.05, 0) is 37.6 Å². The molecule has 0 radical (unpaired) electrons. The molecule has 5 heteroatoms. The molecular formula is C20H19ClO4. The molecule has 4 rings (SSSR count). The van der Waals surface area contributed by atoms with Crippen LogP contribution in [0.1, 0.15) is 36.2 Å². The van der Waals surface area contributed by atoms with Gasteiger partial charge < -0.3 is 14.6 Å². The molecule has 1 aliphatic carbocycles. The number of carbonyl (C=O) groups excluding carboxylic acids is 1.